The van der Waals surface area contributed by atoms with Crippen molar-refractivity contribution in [1.29, 1.82) is 0 Å². The largest absolute Gasteiger partial charge is 0.481 e. The summed E-state index contributed by atoms with van der Waals surface area (Å²) in [7, 11) is 0. The highest BCUT2D eigenvalue weighted by Crippen LogP contribution is 2.24. The van der Waals surface area contributed by atoms with E-state index in [2.05, 4.69) is 15.5 Å². The molecule has 1 aromatic carbocycles. The average molecular weight is 305 g/mol. The van der Waals surface area contributed by atoms with Gasteiger partial charge in [-0.05, 0) is 38.9 Å². The van der Waals surface area contributed by atoms with Gasteiger partial charge in [0, 0.05) is 17.7 Å². The average Bonchev–Trinajstić information content (AvgIpc) is 2.92. The molecule has 3 N–H and O–H groups in total. The maximum absolute atomic E-state index is 13.8. The molecular formula is C16H20FN3O2. The summed E-state index contributed by atoms with van der Waals surface area (Å²) in [6, 6.07) is 6.51. The zero-order valence-corrected chi connectivity index (χ0v) is 12.7. The second-order valence-electron chi connectivity index (χ2n) is 5.87. The van der Waals surface area contributed by atoms with Crippen molar-refractivity contribution in [1.82, 2.24) is 15.5 Å². The number of rotatable bonds is 7. The number of benzene rings is 1. The molecule has 0 saturated carbocycles. The minimum atomic E-state index is -0.815. The first-order chi connectivity index (χ1) is 10.4. The first kappa shape index (κ1) is 16.2. The Morgan fingerprint density at radius 2 is 2.14 bits per heavy atom. The predicted octanol–water partition coefficient (Wildman–Crippen LogP) is 2.81. The summed E-state index contributed by atoms with van der Waals surface area (Å²) in [5.41, 5.74) is 1.20. The molecule has 5 nitrogen and oxygen atoms in total. The zero-order valence-electron chi connectivity index (χ0n) is 12.7. The Morgan fingerprint density at radius 3 is 2.82 bits per heavy atom. The van der Waals surface area contributed by atoms with Crippen molar-refractivity contribution in [2.24, 2.45) is 5.41 Å². The number of hydrogen-bond acceptors (Lipinski definition) is 3. The molecule has 0 aliphatic rings. The van der Waals surface area contributed by atoms with Gasteiger partial charge in [0.1, 0.15) is 5.82 Å². The van der Waals surface area contributed by atoms with Crippen molar-refractivity contribution in [3.05, 3.63) is 41.8 Å². The highest BCUT2D eigenvalue weighted by atomic mass is 19.1. The Morgan fingerprint density at radius 1 is 1.41 bits per heavy atom. The molecule has 1 heterocycles. The maximum atomic E-state index is 13.8. The van der Waals surface area contributed by atoms with Crippen LogP contribution in [0.15, 0.2) is 30.5 Å². The first-order valence-corrected chi connectivity index (χ1v) is 7.13. The molecule has 118 valence electrons. The Labute approximate surface area is 128 Å². The summed E-state index contributed by atoms with van der Waals surface area (Å²) >= 11 is 0. The van der Waals surface area contributed by atoms with E-state index in [1.807, 2.05) is 0 Å². The third kappa shape index (κ3) is 3.71. The fourth-order valence-corrected chi connectivity index (χ4v) is 2.07. The number of aromatic amines is 1. The topological polar surface area (TPSA) is 78.0 Å². The molecule has 0 amide bonds. The zero-order chi connectivity index (χ0) is 16.2. The SMILES string of the molecule is CC(C)(CCNCc1cn[nH]c1-c1ccccc1F)C(=O)O. The van der Waals surface area contributed by atoms with E-state index in [0.717, 1.165) is 5.56 Å². The van der Waals surface area contributed by atoms with Gasteiger partial charge < -0.3 is 10.4 Å². The van der Waals surface area contributed by atoms with Crippen molar-refractivity contribution in [2.75, 3.05) is 6.54 Å². The number of H-pyrrole nitrogens is 1. The van der Waals surface area contributed by atoms with Gasteiger partial charge >= 0.3 is 5.97 Å². The molecule has 0 saturated heterocycles. The smallest absolute Gasteiger partial charge is 0.309 e. The van der Waals surface area contributed by atoms with Gasteiger partial charge in [0.05, 0.1) is 17.3 Å². The number of nitrogens with one attached hydrogen (secondary N) is 2. The van der Waals surface area contributed by atoms with Crippen LogP contribution in [0.1, 0.15) is 25.8 Å². The third-order valence-electron chi connectivity index (χ3n) is 3.68. The summed E-state index contributed by atoms with van der Waals surface area (Å²) < 4.78 is 13.8. The molecule has 22 heavy (non-hydrogen) atoms. The third-order valence-corrected chi connectivity index (χ3v) is 3.68. The van der Waals surface area contributed by atoms with Gasteiger partial charge in [0.2, 0.25) is 0 Å². The van der Waals surface area contributed by atoms with Gasteiger partial charge in [-0.25, -0.2) is 4.39 Å². The van der Waals surface area contributed by atoms with Gasteiger partial charge in [0.15, 0.2) is 0 Å². The molecule has 0 spiro atoms. The molecule has 0 bridgehead atoms. The lowest BCUT2D eigenvalue weighted by Crippen LogP contribution is -2.28. The predicted molar refractivity (Wildman–Crippen MR) is 81.7 cm³/mol. The maximum Gasteiger partial charge on any atom is 0.309 e. The molecule has 0 aliphatic carbocycles. The highest BCUT2D eigenvalue weighted by molar-refractivity contribution is 5.73. The van der Waals surface area contributed by atoms with Gasteiger partial charge in [-0.15, -0.1) is 0 Å². The van der Waals surface area contributed by atoms with Crippen LogP contribution < -0.4 is 5.32 Å². The van der Waals surface area contributed by atoms with E-state index in [0.29, 0.717) is 30.8 Å². The number of aliphatic carboxylic acids is 1. The van der Waals surface area contributed by atoms with Crippen LogP contribution >= 0.6 is 0 Å². The summed E-state index contributed by atoms with van der Waals surface area (Å²) in [6.45, 7) is 4.44. The summed E-state index contributed by atoms with van der Waals surface area (Å²) in [5, 5.41) is 19.0. The molecule has 0 fully saturated rings. The van der Waals surface area contributed by atoms with E-state index >= 15 is 0 Å². The number of carbonyl (C=O) groups is 1. The van der Waals surface area contributed by atoms with Crippen molar-refractivity contribution >= 4 is 5.97 Å². The number of nitrogens with zero attached hydrogens (tertiary/aromatic N) is 1. The van der Waals surface area contributed by atoms with Crippen LogP contribution in [0.3, 0.4) is 0 Å². The van der Waals surface area contributed by atoms with E-state index in [1.165, 1.54) is 6.07 Å². The standard InChI is InChI=1S/C16H20FN3O2/c1-16(2,15(21)22)7-8-18-9-11-10-19-20-14(11)12-5-3-4-6-13(12)17/h3-6,10,18H,7-9H2,1-2H3,(H,19,20)(H,21,22). The van der Waals surface area contributed by atoms with Gasteiger partial charge in [-0.2, -0.15) is 5.10 Å². The lowest BCUT2D eigenvalue weighted by atomic mass is 9.90. The van der Waals surface area contributed by atoms with Gasteiger partial charge in [-0.1, -0.05) is 12.1 Å². The van der Waals surface area contributed by atoms with Crippen LogP contribution in [0.5, 0.6) is 0 Å². The monoisotopic (exact) mass is 305 g/mol. The minimum absolute atomic E-state index is 0.306. The molecule has 0 unspecified atom stereocenters. The van der Waals surface area contributed by atoms with Crippen LogP contribution in [0.2, 0.25) is 0 Å². The van der Waals surface area contributed by atoms with Crippen molar-refractivity contribution < 1.29 is 14.3 Å². The van der Waals surface area contributed by atoms with E-state index in [4.69, 9.17) is 5.11 Å². The second kappa shape index (κ2) is 6.70. The lowest BCUT2D eigenvalue weighted by molar-refractivity contribution is -0.147. The second-order valence-corrected chi connectivity index (χ2v) is 5.87. The molecule has 0 aliphatic heterocycles. The first-order valence-electron chi connectivity index (χ1n) is 7.13. The number of hydrogen-bond donors (Lipinski definition) is 3. The van der Waals surface area contributed by atoms with E-state index in [9.17, 15) is 9.18 Å². The number of aromatic nitrogens is 2. The summed E-state index contributed by atoms with van der Waals surface area (Å²) in [4.78, 5) is 11.0. The summed E-state index contributed by atoms with van der Waals surface area (Å²) in [5.74, 6) is -1.12. The van der Waals surface area contributed by atoms with Crippen LogP contribution in [0.25, 0.3) is 11.3 Å². The fraction of sp³-hybridized carbons (Fsp3) is 0.375. The lowest BCUT2D eigenvalue weighted by Gasteiger charge is -2.18. The van der Waals surface area contributed by atoms with Gasteiger partial charge in [-0.3, -0.25) is 9.89 Å². The van der Waals surface area contributed by atoms with Crippen molar-refractivity contribution in [3.8, 4) is 11.3 Å². The minimum Gasteiger partial charge on any atom is -0.481 e. The van der Waals surface area contributed by atoms with Crippen molar-refractivity contribution in [2.45, 2.75) is 26.8 Å². The van der Waals surface area contributed by atoms with Crippen molar-refractivity contribution in [3.63, 3.8) is 0 Å². The summed E-state index contributed by atoms with van der Waals surface area (Å²) in [6.07, 6.45) is 2.16. The molecule has 1 aromatic heterocycles. The van der Waals surface area contributed by atoms with Gasteiger partial charge in [0.25, 0.3) is 0 Å². The number of carboxylic acid groups (broad SMARTS) is 1. The Bertz CT molecular complexity index is 652. The quantitative estimate of drug-likeness (QED) is 0.687. The Hall–Kier alpha value is -2.21. The normalized spacial score (nSPS) is 11.6. The number of halogens is 1. The van der Waals surface area contributed by atoms with Crippen LogP contribution in [0, 0.1) is 11.2 Å². The molecule has 0 radical (unpaired) electrons. The van der Waals surface area contributed by atoms with Crippen LogP contribution in [-0.4, -0.2) is 27.8 Å². The van der Waals surface area contributed by atoms with E-state index in [1.54, 1.807) is 38.2 Å². The molecule has 2 rings (SSSR count). The highest BCUT2D eigenvalue weighted by Gasteiger charge is 2.26. The number of carboxylic acids is 1. The molecule has 0 atom stereocenters. The van der Waals surface area contributed by atoms with E-state index in [-0.39, 0.29) is 5.82 Å². The Balaban J connectivity index is 1.97. The molecular weight excluding hydrogens is 285 g/mol. The molecule has 2 aromatic rings. The van der Waals surface area contributed by atoms with Crippen LogP contribution in [-0.2, 0) is 11.3 Å². The fourth-order valence-electron chi connectivity index (χ4n) is 2.07. The van der Waals surface area contributed by atoms with E-state index < -0.39 is 11.4 Å². The molecule has 6 heteroatoms. The Kier molecular flexibility index (Phi) is 4.92. The van der Waals surface area contributed by atoms with Crippen LogP contribution in [0.4, 0.5) is 4.39 Å².